The van der Waals surface area contributed by atoms with Crippen LogP contribution >= 0.6 is 0 Å². The van der Waals surface area contributed by atoms with Crippen molar-refractivity contribution in [2.75, 3.05) is 14.2 Å². The first kappa shape index (κ1) is 12.2. The minimum atomic E-state index is -0.340. The number of aldehydes is 1. The van der Waals surface area contributed by atoms with Crippen LogP contribution in [0.2, 0.25) is 0 Å². The van der Waals surface area contributed by atoms with E-state index in [1.807, 2.05) is 0 Å². The summed E-state index contributed by atoms with van der Waals surface area (Å²) in [6.45, 7) is 1.79. The van der Waals surface area contributed by atoms with E-state index in [-0.39, 0.29) is 12.4 Å². The SMILES string of the molecule is COC(=O)Cc1cc(OC)cc(C=O)c1C. The second kappa shape index (κ2) is 5.30. The third kappa shape index (κ3) is 2.59. The van der Waals surface area contributed by atoms with Gasteiger partial charge in [-0.1, -0.05) is 0 Å². The van der Waals surface area contributed by atoms with Crippen molar-refractivity contribution >= 4 is 12.3 Å². The van der Waals surface area contributed by atoms with Crippen LogP contribution in [-0.2, 0) is 16.0 Å². The normalized spacial score (nSPS) is 9.69. The third-order valence-corrected chi connectivity index (χ3v) is 2.45. The first-order chi connectivity index (χ1) is 7.62. The van der Waals surface area contributed by atoms with E-state index in [2.05, 4.69) is 4.74 Å². The number of ether oxygens (including phenoxy) is 2. The molecule has 86 valence electrons. The molecule has 0 fully saturated rings. The fraction of sp³-hybridized carbons (Fsp3) is 0.333. The van der Waals surface area contributed by atoms with Gasteiger partial charge in [-0.15, -0.1) is 0 Å². The molecular formula is C12H14O4. The summed E-state index contributed by atoms with van der Waals surface area (Å²) in [6, 6.07) is 3.38. The number of hydrogen-bond acceptors (Lipinski definition) is 4. The van der Waals surface area contributed by atoms with Gasteiger partial charge < -0.3 is 9.47 Å². The quantitative estimate of drug-likeness (QED) is 0.572. The smallest absolute Gasteiger partial charge is 0.309 e. The van der Waals surface area contributed by atoms with E-state index in [9.17, 15) is 9.59 Å². The van der Waals surface area contributed by atoms with E-state index in [1.165, 1.54) is 14.2 Å². The summed E-state index contributed by atoms with van der Waals surface area (Å²) >= 11 is 0. The fourth-order valence-corrected chi connectivity index (χ4v) is 1.42. The average Bonchev–Trinajstić information content (AvgIpc) is 2.31. The number of carbonyl (C=O) groups excluding carboxylic acids is 2. The van der Waals surface area contributed by atoms with Crippen LogP contribution in [0.1, 0.15) is 21.5 Å². The van der Waals surface area contributed by atoms with Crippen LogP contribution in [-0.4, -0.2) is 26.5 Å². The van der Waals surface area contributed by atoms with E-state index in [1.54, 1.807) is 19.1 Å². The van der Waals surface area contributed by atoms with Crippen molar-refractivity contribution in [3.63, 3.8) is 0 Å². The highest BCUT2D eigenvalue weighted by atomic mass is 16.5. The number of methoxy groups -OCH3 is 2. The Morgan fingerprint density at radius 2 is 2.06 bits per heavy atom. The van der Waals surface area contributed by atoms with Crippen molar-refractivity contribution < 1.29 is 19.1 Å². The van der Waals surface area contributed by atoms with Gasteiger partial charge in [-0.3, -0.25) is 9.59 Å². The Morgan fingerprint density at radius 3 is 2.56 bits per heavy atom. The molecule has 1 aromatic carbocycles. The van der Waals surface area contributed by atoms with E-state index >= 15 is 0 Å². The lowest BCUT2D eigenvalue weighted by Gasteiger charge is -2.09. The van der Waals surface area contributed by atoms with Crippen LogP contribution in [0, 0.1) is 6.92 Å². The Labute approximate surface area is 94.2 Å². The number of carbonyl (C=O) groups is 2. The largest absolute Gasteiger partial charge is 0.497 e. The molecule has 0 spiro atoms. The highest BCUT2D eigenvalue weighted by Gasteiger charge is 2.11. The Balaban J connectivity index is 3.15. The van der Waals surface area contributed by atoms with Crippen molar-refractivity contribution in [3.05, 3.63) is 28.8 Å². The van der Waals surface area contributed by atoms with Gasteiger partial charge in [0.1, 0.15) is 12.0 Å². The number of benzene rings is 1. The molecule has 0 aliphatic carbocycles. The van der Waals surface area contributed by atoms with Crippen molar-refractivity contribution in [2.24, 2.45) is 0 Å². The molecule has 16 heavy (non-hydrogen) atoms. The molecule has 1 rings (SSSR count). The van der Waals surface area contributed by atoms with Crippen LogP contribution in [0.3, 0.4) is 0 Å². The molecule has 0 saturated carbocycles. The molecule has 0 amide bonds. The van der Waals surface area contributed by atoms with E-state index in [0.717, 1.165) is 17.4 Å². The lowest BCUT2D eigenvalue weighted by atomic mass is 10.00. The maximum absolute atomic E-state index is 11.2. The molecular weight excluding hydrogens is 208 g/mol. The monoisotopic (exact) mass is 222 g/mol. The summed E-state index contributed by atoms with van der Waals surface area (Å²) in [5, 5.41) is 0. The maximum Gasteiger partial charge on any atom is 0.309 e. The first-order valence-electron chi connectivity index (χ1n) is 4.82. The zero-order valence-electron chi connectivity index (χ0n) is 9.57. The summed E-state index contributed by atoms with van der Waals surface area (Å²) in [7, 11) is 2.85. The van der Waals surface area contributed by atoms with Gasteiger partial charge in [0.05, 0.1) is 20.6 Å². The van der Waals surface area contributed by atoms with Gasteiger partial charge in [-0.05, 0) is 30.2 Å². The standard InChI is InChI=1S/C12H14O4/c1-8-9(6-12(14)16-3)4-11(15-2)5-10(8)7-13/h4-5,7H,6H2,1-3H3. The molecule has 0 radical (unpaired) electrons. The number of hydrogen-bond donors (Lipinski definition) is 0. The van der Waals surface area contributed by atoms with Gasteiger partial charge in [0.25, 0.3) is 0 Å². The molecule has 0 unspecified atom stereocenters. The number of rotatable bonds is 4. The average molecular weight is 222 g/mol. The fourth-order valence-electron chi connectivity index (χ4n) is 1.42. The minimum Gasteiger partial charge on any atom is -0.497 e. The second-order valence-corrected chi connectivity index (χ2v) is 3.37. The highest BCUT2D eigenvalue weighted by molar-refractivity contribution is 5.81. The summed E-state index contributed by atoms with van der Waals surface area (Å²) in [5.74, 6) is 0.222. The van der Waals surface area contributed by atoms with Crippen molar-refractivity contribution in [1.29, 1.82) is 0 Å². The molecule has 0 aromatic heterocycles. The molecule has 4 heteroatoms. The van der Waals surface area contributed by atoms with Crippen LogP contribution in [0.25, 0.3) is 0 Å². The molecule has 0 N–H and O–H groups in total. The van der Waals surface area contributed by atoms with Crippen LogP contribution in [0.15, 0.2) is 12.1 Å². The van der Waals surface area contributed by atoms with Crippen molar-refractivity contribution in [2.45, 2.75) is 13.3 Å². The van der Waals surface area contributed by atoms with E-state index < -0.39 is 0 Å². The predicted octanol–water partition coefficient (Wildman–Crippen LogP) is 1.53. The predicted molar refractivity (Wildman–Crippen MR) is 58.8 cm³/mol. The van der Waals surface area contributed by atoms with Crippen LogP contribution < -0.4 is 4.74 Å². The highest BCUT2D eigenvalue weighted by Crippen LogP contribution is 2.21. The molecule has 4 nitrogen and oxygen atoms in total. The lowest BCUT2D eigenvalue weighted by molar-refractivity contribution is -0.139. The van der Waals surface area contributed by atoms with Crippen LogP contribution in [0.4, 0.5) is 0 Å². The van der Waals surface area contributed by atoms with Crippen molar-refractivity contribution in [1.82, 2.24) is 0 Å². The molecule has 0 aliphatic rings. The molecule has 0 aliphatic heterocycles. The number of esters is 1. The molecule has 0 atom stereocenters. The summed E-state index contributed by atoms with van der Waals surface area (Å²) in [5.41, 5.74) is 2.05. The molecule has 0 bridgehead atoms. The topological polar surface area (TPSA) is 52.6 Å². The van der Waals surface area contributed by atoms with Gasteiger partial charge in [-0.2, -0.15) is 0 Å². The Morgan fingerprint density at radius 1 is 1.38 bits per heavy atom. The van der Waals surface area contributed by atoms with Gasteiger partial charge >= 0.3 is 5.97 Å². The van der Waals surface area contributed by atoms with E-state index in [4.69, 9.17) is 4.74 Å². The summed E-state index contributed by atoms with van der Waals surface area (Å²) in [4.78, 5) is 22.0. The van der Waals surface area contributed by atoms with E-state index in [0.29, 0.717) is 11.3 Å². The summed E-state index contributed by atoms with van der Waals surface area (Å²) < 4.78 is 9.64. The van der Waals surface area contributed by atoms with Gasteiger partial charge in [0, 0.05) is 5.56 Å². The zero-order chi connectivity index (χ0) is 12.1. The Kier molecular flexibility index (Phi) is 4.05. The van der Waals surface area contributed by atoms with Crippen LogP contribution in [0.5, 0.6) is 5.75 Å². The summed E-state index contributed by atoms with van der Waals surface area (Å²) in [6.07, 6.45) is 0.888. The minimum absolute atomic E-state index is 0.139. The second-order valence-electron chi connectivity index (χ2n) is 3.37. The Bertz CT molecular complexity index is 410. The first-order valence-corrected chi connectivity index (χ1v) is 4.82. The Hall–Kier alpha value is -1.84. The maximum atomic E-state index is 11.2. The third-order valence-electron chi connectivity index (χ3n) is 2.45. The molecule has 0 heterocycles. The molecule has 1 aromatic rings. The lowest BCUT2D eigenvalue weighted by Crippen LogP contribution is -2.07. The molecule has 0 saturated heterocycles. The van der Waals surface area contributed by atoms with Gasteiger partial charge in [0.2, 0.25) is 0 Å². The zero-order valence-corrected chi connectivity index (χ0v) is 9.57. The van der Waals surface area contributed by atoms with Gasteiger partial charge in [0.15, 0.2) is 0 Å². The van der Waals surface area contributed by atoms with Crippen molar-refractivity contribution in [3.8, 4) is 5.75 Å². The van der Waals surface area contributed by atoms with Gasteiger partial charge in [-0.25, -0.2) is 0 Å².